The third-order valence-corrected chi connectivity index (χ3v) is 3.89. The summed E-state index contributed by atoms with van der Waals surface area (Å²) in [6.45, 7) is 0. The number of hydrogen-bond acceptors (Lipinski definition) is 6. The molecule has 21 heavy (non-hydrogen) atoms. The molecule has 0 aliphatic heterocycles. The molecular weight excluding hydrogens is 320 g/mol. The molecule has 0 spiro atoms. The second-order valence-corrected chi connectivity index (χ2v) is 5.32. The maximum Gasteiger partial charge on any atom is 0.313 e. The number of nitro groups is 1. The first kappa shape index (κ1) is 15.3. The summed E-state index contributed by atoms with van der Waals surface area (Å²) in [4.78, 5) is 20.9. The number of carbonyl (C=O) groups is 1. The zero-order valence-corrected chi connectivity index (χ0v) is 12.3. The van der Waals surface area contributed by atoms with Gasteiger partial charge in [0.25, 0.3) is 5.69 Å². The van der Waals surface area contributed by atoms with Gasteiger partial charge in [-0.25, -0.2) is 0 Å². The van der Waals surface area contributed by atoms with E-state index in [0.29, 0.717) is 16.5 Å². The highest BCUT2D eigenvalue weighted by Crippen LogP contribution is 2.30. The van der Waals surface area contributed by atoms with Crippen molar-refractivity contribution in [2.75, 3.05) is 5.75 Å². The molecule has 2 aromatic rings. The molecule has 1 heterocycles. The number of halogens is 1. The minimum Gasteiger partial charge on any atom is -0.481 e. The fraction of sp³-hybridized carbons (Fsp3) is 0.182. The Bertz CT molecular complexity index is 718. The van der Waals surface area contributed by atoms with E-state index < -0.39 is 10.9 Å². The smallest absolute Gasteiger partial charge is 0.313 e. The van der Waals surface area contributed by atoms with Crippen LogP contribution >= 0.6 is 23.4 Å². The van der Waals surface area contributed by atoms with Crippen LogP contribution in [-0.2, 0) is 11.8 Å². The standard InChI is InChI=1S/C11H9ClN4O4S/c1-15-10(13-14-11(15)21-5-9(17)18)6-2-3-7(12)8(4-6)16(19)20/h2-4H,5H2,1H3,(H,17,18). The van der Waals surface area contributed by atoms with Gasteiger partial charge in [-0.3, -0.25) is 14.9 Å². The summed E-state index contributed by atoms with van der Waals surface area (Å²) in [5.74, 6) is -0.721. The molecule has 0 unspecified atom stereocenters. The molecule has 2 rings (SSSR count). The maximum absolute atomic E-state index is 10.9. The zero-order valence-electron chi connectivity index (χ0n) is 10.7. The average molecular weight is 329 g/mol. The maximum atomic E-state index is 10.9. The van der Waals surface area contributed by atoms with Gasteiger partial charge in [0, 0.05) is 18.7 Å². The van der Waals surface area contributed by atoms with Gasteiger partial charge in [0.05, 0.1) is 10.7 Å². The Labute approximate surface area is 127 Å². The molecule has 1 N–H and O–H groups in total. The molecule has 0 bridgehead atoms. The van der Waals surface area contributed by atoms with Crippen molar-refractivity contribution in [3.8, 4) is 11.4 Å². The van der Waals surface area contributed by atoms with Crippen LogP contribution in [0, 0.1) is 10.1 Å². The molecule has 10 heteroatoms. The van der Waals surface area contributed by atoms with Crippen molar-refractivity contribution in [2.45, 2.75) is 5.16 Å². The number of nitrogens with zero attached hydrogens (tertiary/aromatic N) is 4. The van der Waals surface area contributed by atoms with Gasteiger partial charge in [-0.15, -0.1) is 10.2 Å². The van der Waals surface area contributed by atoms with E-state index in [9.17, 15) is 14.9 Å². The van der Waals surface area contributed by atoms with Crippen LogP contribution in [0.1, 0.15) is 0 Å². The third kappa shape index (κ3) is 3.31. The topological polar surface area (TPSA) is 111 Å². The van der Waals surface area contributed by atoms with Crippen molar-refractivity contribution in [3.63, 3.8) is 0 Å². The highest BCUT2D eigenvalue weighted by atomic mass is 35.5. The lowest BCUT2D eigenvalue weighted by atomic mass is 10.2. The van der Waals surface area contributed by atoms with Crippen LogP contribution in [0.25, 0.3) is 11.4 Å². The lowest BCUT2D eigenvalue weighted by Gasteiger charge is -2.03. The molecule has 8 nitrogen and oxygen atoms in total. The van der Waals surface area contributed by atoms with E-state index in [4.69, 9.17) is 16.7 Å². The second kappa shape index (κ2) is 6.10. The van der Waals surface area contributed by atoms with Gasteiger partial charge in [-0.05, 0) is 12.1 Å². The van der Waals surface area contributed by atoms with E-state index in [-0.39, 0.29) is 16.5 Å². The summed E-state index contributed by atoms with van der Waals surface area (Å²) in [5.41, 5.74) is 0.250. The number of rotatable bonds is 5. The quantitative estimate of drug-likeness (QED) is 0.508. The molecule has 0 radical (unpaired) electrons. The van der Waals surface area contributed by atoms with E-state index in [2.05, 4.69) is 10.2 Å². The fourth-order valence-corrected chi connectivity index (χ4v) is 2.43. The van der Waals surface area contributed by atoms with Crippen molar-refractivity contribution < 1.29 is 14.8 Å². The first-order chi connectivity index (χ1) is 9.90. The molecule has 1 aromatic heterocycles. The predicted molar refractivity (Wildman–Crippen MR) is 76.5 cm³/mol. The minimum atomic E-state index is -0.966. The number of aliphatic carboxylic acids is 1. The van der Waals surface area contributed by atoms with Crippen molar-refractivity contribution in [3.05, 3.63) is 33.3 Å². The summed E-state index contributed by atoms with van der Waals surface area (Å²) in [5, 5.41) is 27.8. The van der Waals surface area contributed by atoms with Gasteiger partial charge >= 0.3 is 5.97 Å². The van der Waals surface area contributed by atoms with Crippen molar-refractivity contribution in [1.29, 1.82) is 0 Å². The largest absolute Gasteiger partial charge is 0.481 e. The predicted octanol–water partition coefficient (Wildman–Crippen LogP) is 2.22. The first-order valence-electron chi connectivity index (χ1n) is 5.58. The van der Waals surface area contributed by atoms with E-state index in [1.165, 1.54) is 12.1 Å². The summed E-state index contributed by atoms with van der Waals surface area (Å²) in [6, 6.07) is 4.30. The molecule has 110 valence electrons. The SMILES string of the molecule is Cn1c(SCC(=O)O)nnc1-c1ccc(Cl)c([N+](=O)[O-])c1. The normalized spacial score (nSPS) is 10.6. The number of aromatic nitrogens is 3. The number of carboxylic acid groups (broad SMARTS) is 1. The van der Waals surface area contributed by atoms with Gasteiger partial charge in [0.1, 0.15) is 5.02 Å². The average Bonchev–Trinajstić information content (AvgIpc) is 2.78. The van der Waals surface area contributed by atoms with E-state index in [0.717, 1.165) is 11.8 Å². The van der Waals surface area contributed by atoms with Crippen LogP contribution in [0.5, 0.6) is 0 Å². The lowest BCUT2D eigenvalue weighted by molar-refractivity contribution is -0.384. The second-order valence-electron chi connectivity index (χ2n) is 3.97. The van der Waals surface area contributed by atoms with Gasteiger partial charge in [0.15, 0.2) is 11.0 Å². The Morgan fingerprint density at radius 1 is 1.52 bits per heavy atom. The van der Waals surface area contributed by atoms with Crippen LogP contribution < -0.4 is 0 Å². The summed E-state index contributed by atoms with van der Waals surface area (Å²) in [7, 11) is 1.65. The number of benzene rings is 1. The van der Waals surface area contributed by atoms with Gasteiger partial charge < -0.3 is 9.67 Å². The van der Waals surface area contributed by atoms with Gasteiger partial charge in [0.2, 0.25) is 0 Å². The van der Waals surface area contributed by atoms with Crippen LogP contribution in [0.15, 0.2) is 23.4 Å². The van der Waals surface area contributed by atoms with Crippen molar-refractivity contribution in [1.82, 2.24) is 14.8 Å². The van der Waals surface area contributed by atoms with Crippen LogP contribution in [0.2, 0.25) is 5.02 Å². The summed E-state index contributed by atoms with van der Waals surface area (Å²) >= 11 is 6.77. The number of carboxylic acids is 1. The molecule has 0 aliphatic carbocycles. The minimum absolute atomic E-state index is 0.0337. The summed E-state index contributed by atoms with van der Waals surface area (Å²) in [6.07, 6.45) is 0. The molecule has 0 amide bonds. The zero-order chi connectivity index (χ0) is 15.6. The van der Waals surface area contributed by atoms with E-state index in [1.54, 1.807) is 17.7 Å². The van der Waals surface area contributed by atoms with Crippen LogP contribution in [0.4, 0.5) is 5.69 Å². The number of nitro benzene ring substituents is 1. The monoisotopic (exact) mass is 328 g/mol. The Morgan fingerprint density at radius 2 is 2.24 bits per heavy atom. The Kier molecular flexibility index (Phi) is 4.43. The Hall–Kier alpha value is -2.13. The highest BCUT2D eigenvalue weighted by molar-refractivity contribution is 7.99. The third-order valence-electron chi connectivity index (χ3n) is 2.56. The van der Waals surface area contributed by atoms with Crippen LogP contribution in [0.3, 0.4) is 0 Å². The molecule has 0 saturated carbocycles. The molecule has 0 atom stereocenters. The van der Waals surface area contributed by atoms with E-state index in [1.807, 2.05) is 0 Å². The first-order valence-corrected chi connectivity index (χ1v) is 6.95. The van der Waals surface area contributed by atoms with Gasteiger partial charge in [-0.1, -0.05) is 23.4 Å². The highest BCUT2D eigenvalue weighted by Gasteiger charge is 2.17. The Balaban J connectivity index is 2.37. The molecule has 0 fully saturated rings. The number of thioether (sulfide) groups is 1. The fourth-order valence-electron chi connectivity index (χ4n) is 1.61. The molecule has 1 aromatic carbocycles. The van der Waals surface area contributed by atoms with Gasteiger partial charge in [-0.2, -0.15) is 0 Å². The van der Waals surface area contributed by atoms with Crippen molar-refractivity contribution >= 4 is 35.0 Å². The molecule has 0 saturated heterocycles. The summed E-state index contributed by atoms with van der Waals surface area (Å²) < 4.78 is 1.57. The Morgan fingerprint density at radius 3 is 2.86 bits per heavy atom. The van der Waals surface area contributed by atoms with E-state index >= 15 is 0 Å². The molecule has 0 aliphatic rings. The lowest BCUT2D eigenvalue weighted by Crippen LogP contribution is -2.01. The molecular formula is C11H9ClN4O4S. The van der Waals surface area contributed by atoms with Crippen LogP contribution in [-0.4, -0.2) is 36.5 Å². The number of hydrogen-bond donors (Lipinski definition) is 1. The van der Waals surface area contributed by atoms with Crippen molar-refractivity contribution in [2.24, 2.45) is 7.05 Å².